The monoisotopic (exact) mass is 321 g/mol. The largest absolute Gasteiger partial charge is 0.296 e. The number of piperazine rings is 1. The fraction of sp³-hybridized carbons (Fsp3) is 0.688. The van der Waals surface area contributed by atoms with Gasteiger partial charge in [0.05, 0.1) is 11.5 Å². The molecule has 2 atom stereocenters. The number of fused-ring (bicyclic) bond motifs is 1. The van der Waals surface area contributed by atoms with Crippen LogP contribution in [0.5, 0.6) is 0 Å². The van der Waals surface area contributed by atoms with Crippen LogP contribution in [0.1, 0.15) is 18.4 Å². The lowest BCUT2D eigenvalue weighted by Gasteiger charge is -2.44. The van der Waals surface area contributed by atoms with Gasteiger partial charge in [0.25, 0.3) is 0 Å². The van der Waals surface area contributed by atoms with Crippen molar-refractivity contribution in [3.63, 3.8) is 0 Å². The van der Waals surface area contributed by atoms with Crippen molar-refractivity contribution in [2.75, 3.05) is 31.1 Å². The van der Waals surface area contributed by atoms with Gasteiger partial charge in [-0.3, -0.25) is 14.8 Å². The molecule has 1 aromatic heterocycles. The van der Waals surface area contributed by atoms with Crippen LogP contribution in [-0.2, 0) is 16.4 Å². The maximum atomic E-state index is 12.2. The average Bonchev–Trinajstić information content (AvgIpc) is 3.24. The van der Waals surface area contributed by atoms with Gasteiger partial charge in [0.1, 0.15) is 0 Å². The van der Waals surface area contributed by atoms with Crippen LogP contribution in [-0.4, -0.2) is 66.4 Å². The third kappa shape index (κ3) is 3.05. The van der Waals surface area contributed by atoms with Gasteiger partial charge < -0.3 is 0 Å². The van der Waals surface area contributed by atoms with Gasteiger partial charge in [-0.2, -0.15) is 0 Å². The fourth-order valence-electron chi connectivity index (χ4n) is 3.88. The van der Waals surface area contributed by atoms with Crippen molar-refractivity contribution < 1.29 is 8.42 Å². The molecule has 0 N–H and O–H groups in total. The zero-order valence-electron chi connectivity index (χ0n) is 12.8. The summed E-state index contributed by atoms with van der Waals surface area (Å²) in [5.74, 6) is 1.47. The smallest absolute Gasteiger partial charge is 0.153 e. The second-order valence-electron chi connectivity index (χ2n) is 6.98. The van der Waals surface area contributed by atoms with E-state index in [9.17, 15) is 8.42 Å². The summed E-state index contributed by atoms with van der Waals surface area (Å²) in [6.07, 6.45) is 6.30. The molecule has 3 aliphatic rings. The first-order valence-corrected chi connectivity index (χ1v) is 10.0. The molecule has 22 heavy (non-hydrogen) atoms. The standard InChI is InChI=1S/C16H23N3O2S/c20-22(21)11-15-16(12-22)19(10-14-2-1-5-17-8-14)7-6-18(15)9-13-3-4-13/h1-2,5,8,13,15-16H,3-4,6-7,9-12H2/t15-,16+/m1/s1. The molecule has 0 aromatic carbocycles. The zero-order valence-corrected chi connectivity index (χ0v) is 13.6. The van der Waals surface area contributed by atoms with Crippen molar-refractivity contribution in [3.8, 4) is 0 Å². The van der Waals surface area contributed by atoms with E-state index in [2.05, 4.69) is 20.9 Å². The van der Waals surface area contributed by atoms with Crippen molar-refractivity contribution in [3.05, 3.63) is 30.1 Å². The molecule has 0 unspecified atom stereocenters. The first kappa shape index (κ1) is 14.6. The van der Waals surface area contributed by atoms with Crippen LogP contribution in [0.3, 0.4) is 0 Å². The third-order valence-electron chi connectivity index (χ3n) is 5.20. The van der Waals surface area contributed by atoms with E-state index in [1.54, 1.807) is 6.20 Å². The van der Waals surface area contributed by atoms with Crippen LogP contribution < -0.4 is 0 Å². The molecular formula is C16H23N3O2S. The fourth-order valence-corrected chi connectivity index (χ4v) is 5.92. The molecule has 0 radical (unpaired) electrons. The van der Waals surface area contributed by atoms with E-state index in [-0.39, 0.29) is 12.1 Å². The van der Waals surface area contributed by atoms with E-state index in [1.165, 1.54) is 18.4 Å². The molecule has 0 amide bonds. The third-order valence-corrected chi connectivity index (χ3v) is 6.90. The highest BCUT2D eigenvalue weighted by atomic mass is 32.2. The molecule has 2 saturated heterocycles. The molecule has 3 fully saturated rings. The Morgan fingerprint density at radius 1 is 1.14 bits per heavy atom. The number of hydrogen-bond acceptors (Lipinski definition) is 5. The van der Waals surface area contributed by atoms with Crippen molar-refractivity contribution in [2.45, 2.75) is 31.5 Å². The van der Waals surface area contributed by atoms with Crippen molar-refractivity contribution >= 4 is 9.84 Å². The number of hydrogen-bond donors (Lipinski definition) is 0. The van der Waals surface area contributed by atoms with E-state index in [0.29, 0.717) is 11.5 Å². The Balaban J connectivity index is 1.52. The predicted octanol–water partition coefficient (Wildman–Crippen LogP) is 0.775. The van der Waals surface area contributed by atoms with Crippen LogP contribution in [0.4, 0.5) is 0 Å². The normalized spacial score (nSPS) is 32.0. The molecule has 1 aromatic rings. The molecule has 0 spiro atoms. The van der Waals surface area contributed by atoms with Crippen LogP contribution in [0.25, 0.3) is 0 Å². The van der Waals surface area contributed by atoms with Crippen LogP contribution in [0.2, 0.25) is 0 Å². The minimum absolute atomic E-state index is 0.151. The van der Waals surface area contributed by atoms with Gasteiger partial charge in [0.2, 0.25) is 0 Å². The average molecular weight is 321 g/mol. The zero-order chi connectivity index (χ0) is 15.2. The maximum Gasteiger partial charge on any atom is 0.153 e. The van der Waals surface area contributed by atoms with Gasteiger partial charge >= 0.3 is 0 Å². The Labute approximate surface area is 132 Å². The van der Waals surface area contributed by atoms with E-state index < -0.39 is 9.84 Å². The van der Waals surface area contributed by atoms with Crippen molar-refractivity contribution in [1.29, 1.82) is 0 Å². The van der Waals surface area contributed by atoms with Crippen LogP contribution >= 0.6 is 0 Å². The molecule has 1 aliphatic carbocycles. The number of nitrogens with zero attached hydrogens (tertiary/aromatic N) is 3. The molecule has 1 saturated carbocycles. The summed E-state index contributed by atoms with van der Waals surface area (Å²) < 4.78 is 24.4. The van der Waals surface area contributed by atoms with Gasteiger partial charge in [0.15, 0.2) is 9.84 Å². The summed E-state index contributed by atoms with van der Waals surface area (Å²) >= 11 is 0. The van der Waals surface area contributed by atoms with Gasteiger partial charge in [-0.1, -0.05) is 6.07 Å². The second-order valence-corrected chi connectivity index (χ2v) is 9.14. The Morgan fingerprint density at radius 2 is 1.86 bits per heavy atom. The molecule has 0 bridgehead atoms. The topological polar surface area (TPSA) is 53.5 Å². The van der Waals surface area contributed by atoms with Crippen molar-refractivity contribution in [1.82, 2.24) is 14.8 Å². The molecule has 120 valence electrons. The second kappa shape index (κ2) is 5.58. The number of sulfone groups is 1. The molecule has 4 rings (SSSR count). The van der Waals surface area contributed by atoms with Gasteiger partial charge in [-0.05, 0) is 30.4 Å². The van der Waals surface area contributed by atoms with Gasteiger partial charge in [-0.15, -0.1) is 0 Å². The Hall–Kier alpha value is -0.980. The van der Waals surface area contributed by atoms with Crippen LogP contribution in [0.15, 0.2) is 24.5 Å². The molecular weight excluding hydrogens is 298 g/mol. The summed E-state index contributed by atoms with van der Waals surface area (Å²) in [6, 6.07) is 4.36. The minimum Gasteiger partial charge on any atom is -0.296 e. The molecule has 5 nitrogen and oxygen atoms in total. The Bertz CT molecular complexity index is 630. The predicted molar refractivity (Wildman–Crippen MR) is 85.2 cm³/mol. The summed E-state index contributed by atoms with van der Waals surface area (Å²) in [4.78, 5) is 8.98. The number of rotatable bonds is 4. The first-order valence-electron chi connectivity index (χ1n) is 8.18. The highest BCUT2D eigenvalue weighted by Crippen LogP contribution is 2.34. The number of pyridine rings is 1. The van der Waals surface area contributed by atoms with E-state index >= 15 is 0 Å². The lowest BCUT2D eigenvalue weighted by atomic mass is 10.0. The van der Waals surface area contributed by atoms with E-state index in [1.807, 2.05) is 12.3 Å². The summed E-state index contributed by atoms with van der Waals surface area (Å²) in [5.41, 5.74) is 1.17. The maximum absolute atomic E-state index is 12.2. The van der Waals surface area contributed by atoms with Gasteiger partial charge in [-0.25, -0.2) is 8.42 Å². The van der Waals surface area contributed by atoms with E-state index in [4.69, 9.17) is 0 Å². The lowest BCUT2D eigenvalue weighted by molar-refractivity contribution is 0.0376. The Kier molecular flexibility index (Phi) is 3.71. The summed E-state index contributed by atoms with van der Waals surface area (Å²) in [7, 11) is -2.90. The summed E-state index contributed by atoms with van der Waals surface area (Å²) in [6.45, 7) is 3.85. The molecule has 2 aliphatic heterocycles. The number of aromatic nitrogens is 1. The highest BCUT2D eigenvalue weighted by molar-refractivity contribution is 7.91. The lowest BCUT2D eigenvalue weighted by Crippen LogP contribution is -2.59. The minimum atomic E-state index is -2.90. The van der Waals surface area contributed by atoms with Crippen molar-refractivity contribution in [2.24, 2.45) is 5.92 Å². The molecule has 3 heterocycles. The summed E-state index contributed by atoms with van der Waals surface area (Å²) in [5, 5.41) is 0. The first-order chi connectivity index (χ1) is 10.6. The SMILES string of the molecule is O=S1(=O)C[C@@H]2[C@H](C1)N(Cc1cccnc1)CCN2CC1CC1. The Morgan fingerprint density at radius 3 is 2.55 bits per heavy atom. The van der Waals surface area contributed by atoms with Gasteiger partial charge in [0, 0.05) is 50.7 Å². The highest BCUT2D eigenvalue weighted by Gasteiger charge is 2.47. The molecule has 6 heteroatoms. The van der Waals surface area contributed by atoms with E-state index in [0.717, 1.165) is 32.1 Å². The quantitative estimate of drug-likeness (QED) is 0.820. The van der Waals surface area contributed by atoms with Crippen LogP contribution in [0, 0.1) is 5.92 Å².